The predicted octanol–water partition coefficient (Wildman–Crippen LogP) is 4.95. The molecule has 2 aromatic heterocycles. The zero-order valence-electron chi connectivity index (χ0n) is 24.0. The Morgan fingerprint density at radius 2 is 1.80 bits per heavy atom. The number of aliphatic carboxylic acids is 1. The summed E-state index contributed by atoms with van der Waals surface area (Å²) in [6.45, 7) is 1.97. The number of aromatic nitrogens is 2. The van der Waals surface area contributed by atoms with E-state index < -0.39 is 22.2 Å². The van der Waals surface area contributed by atoms with Gasteiger partial charge in [0.05, 0.1) is 34.9 Å². The Labute approximate surface area is 265 Å². The molecule has 1 fully saturated rings. The number of likely N-dealkylation sites (N-methyl/N-ethyl adjacent to an activating group) is 1. The average Bonchev–Trinajstić information content (AvgIpc) is 3.72. The molecule has 11 nitrogen and oxygen atoms in total. The molecule has 0 unspecified atom stereocenters. The fourth-order valence-electron chi connectivity index (χ4n) is 4.89. The third-order valence-electron chi connectivity index (χ3n) is 6.87. The predicted molar refractivity (Wildman–Crippen MR) is 163 cm³/mol. The average molecular weight is 688 g/mol. The van der Waals surface area contributed by atoms with Crippen molar-refractivity contribution in [1.29, 1.82) is 0 Å². The number of carbonyl (C=O) groups is 2. The van der Waals surface area contributed by atoms with Crippen LogP contribution in [0.2, 0.25) is 4.34 Å². The van der Waals surface area contributed by atoms with Crippen molar-refractivity contribution in [2.75, 3.05) is 25.4 Å². The van der Waals surface area contributed by atoms with E-state index in [1.54, 1.807) is 23.9 Å². The Morgan fingerprint density at radius 3 is 2.40 bits per heavy atom. The quantitative estimate of drug-likeness (QED) is 0.224. The zero-order chi connectivity index (χ0) is 32.9. The van der Waals surface area contributed by atoms with Crippen LogP contribution in [0.1, 0.15) is 24.0 Å². The van der Waals surface area contributed by atoms with Crippen LogP contribution < -0.4 is 14.8 Å². The number of amides is 1. The first kappa shape index (κ1) is 34.0. The summed E-state index contributed by atoms with van der Waals surface area (Å²) in [6, 6.07) is 16.6. The number of carboxylic acid groups (broad SMARTS) is 1. The van der Waals surface area contributed by atoms with Gasteiger partial charge in [-0.1, -0.05) is 41.9 Å². The van der Waals surface area contributed by atoms with Gasteiger partial charge in [-0.05, 0) is 54.8 Å². The Morgan fingerprint density at radius 1 is 1.13 bits per heavy atom. The molecular formula is C28H29ClF3N5O6S2. The first-order valence-corrected chi connectivity index (χ1v) is 16.1. The number of halogens is 4. The third-order valence-corrected chi connectivity index (χ3v) is 9.93. The van der Waals surface area contributed by atoms with Gasteiger partial charge in [0.25, 0.3) is 10.0 Å². The molecule has 0 spiro atoms. The number of likely N-dealkylation sites (tertiary alicyclic amines) is 1. The zero-order valence-corrected chi connectivity index (χ0v) is 26.4. The molecule has 1 aliphatic heterocycles. The molecule has 1 saturated heterocycles. The molecule has 4 aromatic rings. The second-order valence-corrected chi connectivity index (χ2v) is 13.5. The number of fused-ring (bicyclic) bond motifs is 1. The minimum atomic E-state index is -5.08. The van der Waals surface area contributed by atoms with Crippen LogP contribution in [0.4, 0.5) is 19.0 Å². The summed E-state index contributed by atoms with van der Waals surface area (Å²) >= 11 is 6.94. The Hall–Kier alpha value is -3.86. The van der Waals surface area contributed by atoms with E-state index in [0.29, 0.717) is 28.6 Å². The van der Waals surface area contributed by atoms with E-state index in [1.165, 1.54) is 13.2 Å². The molecule has 3 heterocycles. The van der Waals surface area contributed by atoms with Gasteiger partial charge in [0, 0.05) is 13.6 Å². The molecule has 0 saturated carbocycles. The number of rotatable bonds is 9. The number of carbonyl (C=O) groups excluding carboxylic acids is 1. The number of hydrogen-bond donors (Lipinski definition) is 3. The number of nitrogens with one attached hydrogen (secondary N) is 2. The van der Waals surface area contributed by atoms with E-state index in [4.69, 9.17) is 26.2 Å². The lowest BCUT2D eigenvalue weighted by molar-refractivity contribution is -0.192. The Balaban J connectivity index is 0.000000591. The summed E-state index contributed by atoms with van der Waals surface area (Å²) < 4.78 is 68.2. The maximum absolute atomic E-state index is 13.0. The molecular weight excluding hydrogens is 659 g/mol. The Bertz CT molecular complexity index is 1790. The number of methoxy groups -OCH3 is 1. The van der Waals surface area contributed by atoms with Crippen LogP contribution in [0.15, 0.2) is 58.8 Å². The number of sulfonamides is 1. The van der Waals surface area contributed by atoms with Gasteiger partial charge in [-0.3, -0.25) is 19.1 Å². The van der Waals surface area contributed by atoms with Gasteiger partial charge < -0.3 is 15.2 Å². The lowest BCUT2D eigenvalue weighted by atomic mass is 10.1. The van der Waals surface area contributed by atoms with Gasteiger partial charge in [0.15, 0.2) is 5.82 Å². The van der Waals surface area contributed by atoms with Crippen molar-refractivity contribution in [2.24, 2.45) is 0 Å². The molecule has 5 rings (SSSR count). The summed E-state index contributed by atoms with van der Waals surface area (Å²) in [4.78, 5) is 23.4. The van der Waals surface area contributed by atoms with Gasteiger partial charge in [0.1, 0.15) is 9.96 Å². The second-order valence-electron chi connectivity index (χ2n) is 9.89. The lowest BCUT2D eigenvalue weighted by Gasteiger charge is -2.23. The highest BCUT2D eigenvalue weighted by Crippen LogP contribution is 2.35. The van der Waals surface area contributed by atoms with Crippen LogP contribution in [-0.2, 0) is 32.7 Å². The van der Waals surface area contributed by atoms with Crippen LogP contribution >= 0.6 is 22.9 Å². The number of carboxylic acids is 1. The molecule has 45 heavy (non-hydrogen) atoms. The minimum Gasteiger partial charge on any atom is -0.496 e. The van der Waals surface area contributed by atoms with E-state index in [9.17, 15) is 26.4 Å². The van der Waals surface area contributed by atoms with Crippen LogP contribution in [-0.4, -0.2) is 73.0 Å². The fourth-order valence-corrected chi connectivity index (χ4v) is 7.38. The highest BCUT2D eigenvalue weighted by atomic mass is 35.5. The molecule has 17 heteroatoms. The number of alkyl halides is 3. The molecule has 242 valence electrons. The number of benzene rings is 2. The van der Waals surface area contributed by atoms with Crippen molar-refractivity contribution >= 4 is 61.6 Å². The number of thiophene rings is 1. The molecule has 0 radical (unpaired) electrons. The van der Waals surface area contributed by atoms with Crippen molar-refractivity contribution in [1.82, 2.24) is 20.0 Å². The molecule has 1 aliphatic rings. The van der Waals surface area contributed by atoms with Crippen molar-refractivity contribution in [3.63, 3.8) is 0 Å². The number of ether oxygens (including phenoxy) is 1. The van der Waals surface area contributed by atoms with Gasteiger partial charge in [0.2, 0.25) is 5.91 Å². The van der Waals surface area contributed by atoms with E-state index in [2.05, 4.69) is 32.2 Å². The highest BCUT2D eigenvalue weighted by molar-refractivity contribution is 7.94. The van der Waals surface area contributed by atoms with Crippen molar-refractivity contribution in [3.05, 3.63) is 70.1 Å². The first-order chi connectivity index (χ1) is 21.2. The van der Waals surface area contributed by atoms with E-state index in [1.807, 2.05) is 24.3 Å². The monoisotopic (exact) mass is 687 g/mol. The molecule has 2 aromatic carbocycles. The topological polar surface area (TPSA) is 143 Å². The van der Waals surface area contributed by atoms with Crippen LogP contribution in [0.3, 0.4) is 0 Å². The highest BCUT2D eigenvalue weighted by Gasteiger charge is 2.38. The van der Waals surface area contributed by atoms with Crippen LogP contribution in [0, 0.1) is 0 Å². The van der Waals surface area contributed by atoms with Gasteiger partial charge >= 0.3 is 12.1 Å². The van der Waals surface area contributed by atoms with Crippen LogP contribution in [0.25, 0.3) is 10.9 Å². The maximum atomic E-state index is 13.0. The van der Waals surface area contributed by atoms with Crippen LogP contribution in [0.5, 0.6) is 5.75 Å². The van der Waals surface area contributed by atoms with Crippen molar-refractivity contribution < 1.29 is 41.0 Å². The second kappa shape index (κ2) is 14.1. The van der Waals surface area contributed by atoms with Gasteiger partial charge in [-0.15, -0.1) is 11.3 Å². The SMILES string of the molecule is CNC(=O)[C@@H]1CCCN1Cc1cccc(Cn2nc(NS(=O)(=O)c3ccc(Cl)s3)c3c(OC)cccc32)c1.O=C(O)C(F)(F)F. The summed E-state index contributed by atoms with van der Waals surface area (Å²) in [6.07, 6.45) is -3.23. The van der Waals surface area contributed by atoms with Gasteiger partial charge in [-0.25, -0.2) is 13.2 Å². The summed E-state index contributed by atoms with van der Waals surface area (Å²) in [7, 11) is -0.676. The van der Waals surface area contributed by atoms with Crippen molar-refractivity contribution in [3.8, 4) is 5.75 Å². The first-order valence-electron chi connectivity index (χ1n) is 13.4. The number of hydrogen-bond acceptors (Lipinski definition) is 8. The smallest absolute Gasteiger partial charge is 0.490 e. The molecule has 0 aliphatic carbocycles. The van der Waals surface area contributed by atoms with E-state index in [-0.39, 0.29) is 22.0 Å². The summed E-state index contributed by atoms with van der Waals surface area (Å²) in [5, 5.41) is 15.1. The largest absolute Gasteiger partial charge is 0.496 e. The maximum Gasteiger partial charge on any atom is 0.490 e. The summed E-state index contributed by atoms with van der Waals surface area (Å²) in [5.74, 6) is -2.01. The number of nitrogens with zero attached hydrogens (tertiary/aromatic N) is 3. The van der Waals surface area contributed by atoms with Gasteiger partial charge in [-0.2, -0.15) is 18.3 Å². The fraction of sp³-hybridized carbons (Fsp3) is 0.321. The molecule has 1 atom stereocenters. The normalized spacial score (nSPS) is 15.4. The standard InChI is InChI=1S/C26H28ClN5O4S2.C2HF3O2/c1-28-26(33)20-9-5-13-31(20)15-17-6-3-7-18(14-17)16-32-19-8-4-10-21(36-2)24(19)25(29-32)30-38(34,35)23-12-11-22(27)37-23;3-2(4,5)1(6)7/h3-4,6-8,10-12,14,20H,5,9,13,15-16H2,1-2H3,(H,28,33)(H,29,30);(H,6,7)/t20-;/m0./s1. The molecule has 0 bridgehead atoms. The lowest BCUT2D eigenvalue weighted by Crippen LogP contribution is -2.41. The van der Waals surface area contributed by atoms with E-state index >= 15 is 0 Å². The molecule has 1 amide bonds. The molecule has 3 N–H and O–H groups in total. The third kappa shape index (κ3) is 8.25. The minimum absolute atomic E-state index is 0.0513. The summed E-state index contributed by atoms with van der Waals surface area (Å²) in [5.41, 5.74) is 2.84. The van der Waals surface area contributed by atoms with E-state index in [0.717, 1.165) is 47.4 Å². The van der Waals surface area contributed by atoms with Crippen molar-refractivity contribution in [2.45, 2.75) is 42.4 Å². The Kier molecular flexibility index (Phi) is 10.6. The number of anilines is 1.